The van der Waals surface area contributed by atoms with Gasteiger partial charge in [0.1, 0.15) is 13.2 Å². The Morgan fingerprint density at radius 2 is 0.522 bits per heavy atom. The van der Waals surface area contributed by atoms with Gasteiger partial charge < -0.3 is 14.2 Å². The molecule has 6 heteroatoms. The first-order valence-electron chi connectivity index (χ1n) is 30.5. The molecule has 0 aromatic rings. The van der Waals surface area contributed by atoms with Gasteiger partial charge in [-0.25, -0.2) is 0 Å². The maximum atomic E-state index is 12.8. The van der Waals surface area contributed by atoms with Gasteiger partial charge in [-0.1, -0.05) is 269 Å². The van der Waals surface area contributed by atoms with Crippen LogP contribution in [0.15, 0.2) is 36.5 Å². The van der Waals surface area contributed by atoms with E-state index in [4.69, 9.17) is 14.2 Å². The Kier molecular flexibility index (Phi) is 56.2. The Balaban J connectivity index is 4.03. The fourth-order valence-electron chi connectivity index (χ4n) is 9.00. The van der Waals surface area contributed by atoms with Crippen LogP contribution in [-0.2, 0) is 28.6 Å². The lowest BCUT2D eigenvalue weighted by molar-refractivity contribution is -0.167. The molecular formula is C63H116O6. The van der Waals surface area contributed by atoms with E-state index in [-0.39, 0.29) is 31.1 Å². The monoisotopic (exact) mass is 969 g/mol. The summed E-state index contributed by atoms with van der Waals surface area (Å²) < 4.78 is 16.8. The highest BCUT2D eigenvalue weighted by Crippen LogP contribution is 2.17. The normalized spacial score (nSPS) is 12.2. The molecule has 0 fully saturated rings. The van der Waals surface area contributed by atoms with Gasteiger partial charge in [0.15, 0.2) is 6.10 Å². The molecule has 0 bridgehead atoms. The first-order chi connectivity index (χ1) is 34.0. The predicted octanol–water partition coefficient (Wildman–Crippen LogP) is 20.4. The molecule has 6 nitrogen and oxygen atoms in total. The van der Waals surface area contributed by atoms with Crippen LogP contribution >= 0.6 is 0 Å². The van der Waals surface area contributed by atoms with Crippen molar-refractivity contribution in [3.63, 3.8) is 0 Å². The van der Waals surface area contributed by atoms with Gasteiger partial charge in [-0.3, -0.25) is 14.4 Å². The Morgan fingerprint density at radius 1 is 0.290 bits per heavy atom. The number of ether oxygens (including phenoxy) is 3. The number of carbonyl (C=O) groups is 3. The number of hydrogen-bond donors (Lipinski definition) is 0. The minimum atomic E-state index is -0.774. The summed E-state index contributed by atoms with van der Waals surface area (Å²) in [5.41, 5.74) is 0. The summed E-state index contributed by atoms with van der Waals surface area (Å²) in [4.78, 5) is 37.9. The van der Waals surface area contributed by atoms with Gasteiger partial charge in [0.05, 0.1) is 0 Å². The third-order valence-electron chi connectivity index (χ3n) is 13.6. The number of hydrogen-bond acceptors (Lipinski definition) is 6. The summed E-state index contributed by atoms with van der Waals surface area (Å²) >= 11 is 0. The van der Waals surface area contributed by atoms with E-state index in [2.05, 4.69) is 57.2 Å². The molecule has 0 heterocycles. The number of esters is 3. The van der Waals surface area contributed by atoms with Crippen LogP contribution in [0.1, 0.15) is 329 Å². The van der Waals surface area contributed by atoms with E-state index in [1.54, 1.807) is 0 Å². The van der Waals surface area contributed by atoms with Crippen molar-refractivity contribution in [1.82, 2.24) is 0 Å². The Morgan fingerprint density at radius 3 is 0.841 bits per heavy atom. The first-order valence-corrected chi connectivity index (χ1v) is 30.5. The zero-order chi connectivity index (χ0) is 50.0. The van der Waals surface area contributed by atoms with Crippen molar-refractivity contribution in [2.75, 3.05) is 13.2 Å². The molecule has 1 atom stereocenters. The van der Waals surface area contributed by atoms with E-state index in [0.717, 1.165) is 83.5 Å². The number of allylic oxidation sites excluding steroid dienone is 6. The van der Waals surface area contributed by atoms with E-state index in [1.807, 2.05) is 0 Å². The van der Waals surface area contributed by atoms with Crippen molar-refractivity contribution in [2.24, 2.45) is 0 Å². The van der Waals surface area contributed by atoms with Crippen LogP contribution in [0, 0.1) is 0 Å². The number of carbonyl (C=O) groups excluding carboxylic acids is 3. The SMILES string of the molecule is CCCCC/C=C\C/C=C\CCCCCCCC(=O)OC(COC(=O)CCCCCCCCC)COC(=O)CCCCCCCCCCCCCCCCCCC/C=C\CCCCCCCCCC. The highest BCUT2D eigenvalue weighted by Gasteiger charge is 2.19. The highest BCUT2D eigenvalue weighted by atomic mass is 16.6. The van der Waals surface area contributed by atoms with Crippen LogP contribution in [0.2, 0.25) is 0 Å². The summed E-state index contributed by atoms with van der Waals surface area (Å²) in [5.74, 6) is -0.879. The number of unbranched alkanes of at least 4 members (excludes halogenated alkanes) is 39. The first kappa shape index (κ1) is 66.6. The van der Waals surface area contributed by atoms with Crippen molar-refractivity contribution in [2.45, 2.75) is 335 Å². The highest BCUT2D eigenvalue weighted by molar-refractivity contribution is 5.71. The molecular weight excluding hydrogens is 853 g/mol. The lowest BCUT2D eigenvalue weighted by atomic mass is 10.0. The summed E-state index contributed by atoms with van der Waals surface area (Å²) in [7, 11) is 0. The molecule has 0 radical (unpaired) electrons. The molecule has 0 aromatic carbocycles. The summed E-state index contributed by atoms with van der Waals surface area (Å²) in [6.07, 6.45) is 70.4. The minimum Gasteiger partial charge on any atom is -0.462 e. The molecule has 0 N–H and O–H groups in total. The molecule has 0 aliphatic heterocycles. The Labute approximate surface area is 429 Å². The van der Waals surface area contributed by atoms with Crippen LogP contribution in [0.5, 0.6) is 0 Å². The van der Waals surface area contributed by atoms with E-state index < -0.39 is 6.10 Å². The van der Waals surface area contributed by atoms with Crippen LogP contribution in [-0.4, -0.2) is 37.2 Å². The van der Waals surface area contributed by atoms with Crippen molar-refractivity contribution < 1.29 is 28.6 Å². The average molecular weight is 970 g/mol. The van der Waals surface area contributed by atoms with Gasteiger partial charge in [-0.05, 0) is 77.0 Å². The molecule has 69 heavy (non-hydrogen) atoms. The van der Waals surface area contributed by atoms with Crippen LogP contribution in [0.3, 0.4) is 0 Å². The maximum Gasteiger partial charge on any atom is 0.306 e. The third-order valence-corrected chi connectivity index (χ3v) is 13.6. The van der Waals surface area contributed by atoms with Crippen LogP contribution in [0.4, 0.5) is 0 Å². The number of rotatable bonds is 56. The van der Waals surface area contributed by atoms with Gasteiger partial charge in [-0.2, -0.15) is 0 Å². The maximum absolute atomic E-state index is 12.8. The second kappa shape index (κ2) is 58.2. The minimum absolute atomic E-state index is 0.0742. The Hall–Kier alpha value is -2.37. The van der Waals surface area contributed by atoms with Crippen molar-refractivity contribution in [1.29, 1.82) is 0 Å². The lowest BCUT2D eigenvalue weighted by Gasteiger charge is -2.18. The lowest BCUT2D eigenvalue weighted by Crippen LogP contribution is -2.30. The second-order valence-electron chi connectivity index (χ2n) is 20.6. The van der Waals surface area contributed by atoms with Gasteiger partial charge in [0.25, 0.3) is 0 Å². The van der Waals surface area contributed by atoms with Crippen molar-refractivity contribution in [3.05, 3.63) is 36.5 Å². The zero-order valence-corrected chi connectivity index (χ0v) is 46.3. The molecule has 0 spiro atoms. The van der Waals surface area contributed by atoms with E-state index in [0.29, 0.717) is 19.3 Å². The van der Waals surface area contributed by atoms with Gasteiger partial charge in [-0.15, -0.1) is 0 Å². The van der Waals surface area contributed by atoms with E-state index >= 15 is 0 Å². The summed E-state index contributed by atoms with van der Waals surface area (Å²) in [6.45, 7) is 6.60. The largest absolute Gasteiger partial charge is 0.462 e. The molecule has 0 saturated carbocycles. The van der Waals surface area contributed by atoms with Gasteiger partial charge >= 0.3 is 17.9 Å². The van der Waals surface area contributed by atoms with Crippen molar-refractivity contribution in [3.8, 4) is 0 Å². The topological polar surface area (TPSA) is 78.9 Å². The van der Waals surface area contributed by atoms with Gasteiger partial charge in [0.2, 0.25) is 0 Å². The summed E-state index contributed by atoms with van der Waals surface area (Å²) in [6, 6.07) is 0. The molecule has 0 aromatic heterocycles. The molecule has 404 valence electrons. The molecule has 0 aliphatic rings. The third kappa shape index (κ3) is 56.4. The van der Waals surface area contributed by atoms with Crippen LogP contribution < -0.4 is 0 Å². The zero-order valence-electron chi connectivity index (χ0n) is 46.3. The molecule has 1 unspecified atom stereocenters. The summed E-state index contributed by atoms with van der Waals surface area (Å²) in [5, 5.41) is 0. The van der Waals surface area contributed by atoms with Gasteiger partial charge in [0, 0.05) is 19.3 Å². The molecule has 0 rings (SSSR count). The van der Waals surface area contributed by atoms with E-state index in [9.17, 15) is 14.4 Å². The molecule has 0 saturated heterocycles. The average Bonchev–Trinajstić information content (AvgIpc) is 3.35. The quantitative estimate of drug-likeness (QED) is 0.0261. The smallest absolute Gasteiger partial charge is 0.306 e. The molecule has 0 aliphatic carbocycles. The Bertz CT molecular complexity index is 1160. The fourth-order valence-corrected chi connectivity index (χ4v) is 9.00. The van der Waals surface area contributed by atoms with Crippen LogP contribution in [0.25, 0.3) is 0 Å². The van der Waals surface area contributed by atoms with E-state index in [1.165, 1.54) is 205 Å². The predicted molar refractivity (Wildman–Crippen MR) is 298 cm³/mol. The standard InChI is InChI=1S/C63H116O6/c1-4-7-10-13-16-18-20-22-24-25-26-27-28-29-30-31-32-33-34-35-36-37-39-40-42-44-47-50-53-56-62(65)68-59-60(58-67-61(64)55-52-49-46-15-12-9-6-3)69-63(66)57-54-51-48-45-43-41-38-23-21-19-17-14-11-8-5-2/h17,19,23,25-26,38,60H,4-16,18,20-22,24,27-37,39-59H2,1-3H3/b19-17-,26-25-,38-23-. The second-order valence-corrected chi connectivity index (χ2v) is 20.6. The fraction of sp³-hybridized carbons (Fsp3) is 0.857. The molecule has 0 amide bonds. The van der Waals surface area contributed by atoms with Crippen molar-refractivity contribution >= 4 is 17.9 Å².